The van der Waals surface area contributed by atoms with Crippen LogP contribution in [0.5, 0.6) is 0 Å². The lowest BCUT2D eigenvalue weighted by atomic mass is 9.90. The second-order valence-electron chi connectivity index (χ2n) is 5.98. The molecule has 1 heterocycles. The van der Waals surface area contributed by atoms with Gasteiger partial charge in [-0.25, -0.2) is 0 Å². The maximum absolute atomic E-state index is 11.9. The molecule has 1 aliphatic heterocycles. The van der Waals surface area contributed by atoms with Gasteiger partial charge in [0.05, 0.1) is 6.42 Å². The molecule has 0 aliphatic carbocycles. The van der Waals surface area contributed by atoms with Gasteiger partial charge < -0.3 is 4.74 Å². The summed E-state index contributed by atoms with van der Waals surface area (Å²) in [6.07, 6.45) is 3.77. The Morgan fingerprint density at radius 2 is 1.95 bits per heavy atom. The first-order valence-electron chi connectivity index (χ1n) is 6.70. The Morgan fingerprint density at radius 1 is 1.30 bits per heavy atom. The molecule has 2 nitrogen and oxygen atoms in total. The first-order chi connectivity index (χ1) is 9.36. The maximum Gasteiger partial charge on any atom is 0.163 e. The fourth-order valence-electron chi connectivity index (χ4n) is 1.97. The molecule has 0 spiro atoms. The SMILES string of the molecule is CC(C)(C)C1=CC(=O)C[C@H](/C(Br)=C/c2ccccc2)O1. The Bertz CT molecular complexity index is 550. The van der Waals surface area contributed by atoms with Crippen molar-refractivity contribution in [3.8, 4) is 0 Å². The molecule has 0 saturated heterocycles. The van der Waals surface area contributed by atoms with Crippen LogP contribution in [0.2, 0.25) is 0 Å². The Balaban J connectivity index is 2.20. The van der Waals surface area contributed by atoms with Crippen LogP contribution in [0.25, 0.3) is 6.08 Å². The zero-order chi connectivity index (χ0) is 14.8. The topological polar surface area (TPSA) is 26.3 Å². The van der Waals surface area contributed by atoms with Crippen LogP contribution in [0, 0.1) is 5.41 Å². The molecule has 0 aromatic heterocycles. The number of allylic oxidation sites excluding steroid dienone is 2. The van der Waals surface area contributed by atoms with Crippen LogP contribution >= 0.6 is 15.9 Å². The number of benzene rings is 1. The molecule has 106 valence electrons. The van der Waals surface area contributed by atoms with Crippen LogP contribution in [-0.2, 0) is 9.53 Å². The van der Waals surface area contributed by atoms with Gasteiger partial charge in [0.15, 0.2) is 5.78 Å². The van der Waals surface area contributed by atoms with E-state index in [1.165, 1.54) is 0 Å². The van der Waals surface area contributed by atoms with E-state index in [2.05, 4.69) is 15.9 Å². The Morgan fingerprint density at radius 3 is 2.55 bits per heavy atom. The van der Waals surface area contributed by atoms with Gasteiger partial charge in [0.1, 0.15) is 11.9 Å². The van der Waals surface area contributed by atoms with Gasteiger partial charge in [0.2, 0.25) is 0 Å². The zero-order valence-electron chi connectivity index (χ0n) is 12.0. The highest BCUT2D eigenvalue weighted by atomic mass is 79.9. The average Bonchev–Trinajstić information content (AvgIpc) is 2.38. The number of halogens is 1. The van der Waals surface area contributed by atoms with Crippen molar-refractivity contribution in [2.24, 2.45) is 5.41 Å². The number of rotatable bonds is 2. The molecule has 20 heavy (non-hydrogen) atoms. The summed E-state index contributed by atoms with van der Waals surface area (Å²) in [5.74, 6) is 0.863. The van der Waals surface area contributed by atoms with Crippen LogP contribution < -0.4 is 0 Å². The molecule has 0 amide bonds. The summed E-state index contributed by atoms with van der Waals surface area (Å²) >= 11 is 3.55. The molecule has 1 atom stereocenters. The standard InChI is InChI=1S/C17H19BrO2/c1-17(2,3)16-11-13(19)10-15(20-16)14(18)9-12-7-5-4-6-8-12/h4-9,11,15H,10H2,1-3H3/b14-9-/t15-/m1/s1. The molecule has 1 aromatic rings. The molecule has 0 N–H and O–H groups in total. The number of carbonyl (C=O) groups excluding carboxylic acids is 1. The van der Waals surface area contributed by atoms with Gasteiger partial charge >= 0.3 is 0 Å². The minimum Gasteiger partial charge on any atom is -0.488 e. The third-order valence-electron chi connectivity index (χ3n) is 3.10. The first-order valence-corrected chi connectivity index (χ1v) is 7.49. The molecular weight excluding hydrogens is 316 g/mol. The van der Waals surface area contributed by atoms with Crippen LogP contribution in [0.4, 0.5) is 0 Å². The predicted molar refractivity (Wildman–Crippen MR) is 85.4 cm³/mol. The minimum atomic E-state index is -0.234. The number of ketones is 1. The molecule has 0 bridgehead atoms. The van der Waals surface area contributed by atoms with Crippen LogP contribution in [0.3, 0.4) is 0 Å². The first kappa shape index (κ1) is 15.0. The van der Waals surface area contributed by atoms with E-state index < -0.39 is 0 Å². The summed E-state index contributed by atoms with van der Waals surface area (Å²) < 4.78 is 6.88. The lowest BCUT2D eigenvalue weighted by Gasteiger charge is -2.31. The van der Waals surface area contributed by atoms with Gasteiger partial charge in [-0.05, 0) is 11.6 Å². The van der Waals surface area contributed by atoms with Crippen LogP contribution in [-0.4, -0.2) is 11.9 Å². The van der Waals surface area contributed by atoms with Crippen molar-refractivity contribution in [2.75, 3.05) is 0 Å². The summed E-state index contributed by atoms with van der Waals surface area (Å²) in [6, 6.07) is 9.99. The summed E-state index contributed by atoms with van der Waals surface area (Å²) in [7, 11) is 0. The largest absolute Gasteiger partial charge is 0.488 e. The number of ether oxygens (including phenoxy) is 1. The predicted octanol–water partition coefficient (Wildman–Crippen LogP) is 4.71. The van der Waals surface area contributed by atoms with Crippen LogP contribution in [0.15, 0.2) is 46.6 Å². The smallest absolute Gasteiger partial charge is 0.163 e. The fraction of sp³-hybridized carbons (Fsp3) is 0.353. The van der Waals surface area contributed by atoms with E-state index in [0.29, 0.717) is 6.42 Å². The number of carbonyl (C=O) groups is 1. The van der Waals surface area contributed by atoms with Gasteiger partial charge in [0, 0.05) is 16.0 Å². The van der Waals surface area contributed by atoms with Crippen molar-refractivity contribution in [1.82, 2.24) is 0 Å². The van der Waals surface area contributed by atoms with Crippen LogP contribution in [0.1, 0.15) is 32.8 Å². The van der Waals surface area contributed by atoms with E-state index in [0.717, 1.165) is 15.8 Å². The second kappa shape index (κ2) is 5.96. The fourth-order valence-corrected chi connectivity index (χ4v) is 2.48. The monoisotopic (exact) mass is 334 g/mol. The van der Waals surface area contributed by atoms with E-state index in [9.17, 15) is 4.79 Å². The van der Waals surface area contributed by atoms with E-state index in [1.54, 1.807) is 6.08 Å². The van der Waals surface area contributed by atoms with E-state index in [1.807, 2.05) is 57.2 Å². The van der Waals surface area contributed by atoms with Crippen molar-refractivity contribution in [1.29, 1.82) is 0 Å². The third-order valence-corrected chi connectivity index (χ3v) is 3.84. The van der Waals surface area contributed by atoms with E-state index >= 15 is 0 Å². The van der Waals surface area contributed by atoms with E-state index in [-0.39, 0.29) is 17.3 Å². The molecule has 1 aliphatic rings. The van der Waals surface area contributed by atoms with Gasteiger partial charge in [-0.1, -0.05) is 67.0 Å². The lowest BCUT2D eigenvalue weighted by molar-refractivity contribution is -0.118. The highest BCUT2D eigenvalue weighted by Gasteiger charge is 2.30. The highest BCUT2D eigenvalue weighted by Crippen LogP contribution is 2.34. The second-order valence-corrected chi connectivity index (χ2v) is 6.89. The zero-order valence-corrected chi connectivity index (χ0v) is 13.6. The molecule has 3 heteroatoms. The summed E-state index contributed by atoms with van der Waals surface area (Å²) in [4.78, 5) is 11.9. The third kappa shape index (κ3) is 3.83. The molecule has 0 saturated carbocycles. The van der Waals surface area contributed by atoms with Crippen molar-refractivity contribution in [3.63, 3.8) is 0 Å². The van der Waals surface area contributed by atoms with Gasteiger partial charge in [-0.15, -0.1) is 0 Å². The summed E-state index contributed by atoms with van der Waals surface area (Å²) in [6.45, 7) is 6.13. The molecule has 2 rings (SSSR count). The van der Waals surface area contributed by atoms with Gasteiger partial charge in [0.25, 0.3) is 0 Å². The quantitative estimate of drug-likeness (QED) is 0.782. The normalized spacial score (nSPS) is 20.4. The van der Waals surface area contributed by atoms with Crippen molar-refractivity contribution >= 4 is 27.8 Å². The Kier molecular flexibility index (Phi) is 4.48. The molecule has 0 fully saturated rings. The average molecular weight is 335 g/mol. The van der Waals surface area contributed by atoms with Gasteiger partial charge in [-0.3, -0.25) is 4.79 Å². The maximum atomic E-state index is 11.9. The van der Waals surface area contributed by atoms with Gasteiger partial charge in [-0.2, -0.15) is 0 Å². The highest BCUT2D eigenvalue weighted by molar-refractivity contribution is 9.11. The Labute approximate surface area is 128 Å². The number of hydrogen-bond donors (Lipinski definition) is 0. The Hall–Kier alpha value is -1.35. The molecule has 1 aromatic carbocycles. The van der Waals surface area contributed by atoms with Crippen molar-refractivity contribution in [3.05, 3.63) is 52.2 Å². The summed E-state index contributed by atoms with van der Waals surface area (Å²) in [5.41, 5.74) is 0.927. The minimum absolute atomic E-state index is 0.115. The van der Waals surface area contributed by atoms with E-state index in [4.69, 9.17) is 4.74 Å². The van der Waals surface area contributed by atoms with Crippen molar-refractivity contribution in [2.45, 2.75) is 33.3 Å². The van der Waals surface area contributed by atoms with Crippen molar-refractivity contribution < 1.29 is 9.53 Å². The number of hydrogen-bond acceptors (Lipinski definition) is 2. The molecule has 0 radical (unpaired) electrons. The molecule has 0 unspecified atom stereocenters. The molecular formula is C17H19BrO2. The summed E-state index contributed by atoms with van der Waals surface area (Å²) in [5, 5.41) is 0. The lowest BCUT2D eigenvalue weighted by Crippen LogP contribution is -2.27.